The van der Waals surface area contributed by atoms with Crippen molar-refractivity contribution < 1.29 is 9.53 Å². The largest absolute Gasteiger partial charge is 0.494 e. The number of carbonyl (C=O) groups excluding carboxylic acids is 1. The number of nitrogens with zero attached hydrogens (tertiary/aromatic N) is 1. The van der Waals surface area contributed by atoms with Crippen LogP contribution in [0.1, 0.15) is 23.6 Å². The Morgan fingerprint density at radius 1 is 1.21 bits per heavy atom. The van der Waals surface area contributed by atoms with Crippen molar-refractivity contribution in [2.24, 2.45) is 0 Å². The van der Waals surface area contributed by atoms with Crippen molar-refractivity contribution in [3.63, 3.8) is 0 Å². The van der Waals surface area contributed by atoms with Gasteiger partial charge in [-0.25, -0.2) is 0 Å². The molecule has 4 nitrogen and oxygen atoms in total. The monoisotopic (exact) mass is 320 g/mol. The van der Waals surface area contributed by atoms with E-state index in [0.717, 1.165) is 22.4 Å². The summed E-state index contributed by atoms with van der Waals surface area (Å²) in [5.74, 6) is 0.341. The third-order valence-corrected chi connectivity index (χ3v) is 3.72. The molecule has 0 unspecified atom stereocenters. The lowest BCUT2D eigenvalue weighted by atomic mass is 10.1. The molecular weight excluding hydrogens is 300 g/mol. The van der Waals surface area contributed by atoms with E-state index in [0.29, 0.717) is 12.3 Å². The van der Waals surface area contributed by atoms with Crippen LogP contribution in [-0.2, 0) is 4.79 Å². The molecule has 0 aromatic heterocycles. The summed E-state index contributed by atoms with van der Waals surface area (Å²) in [4.78, 5) is 12.4. The van der Waals surface area contributed by atoms with Crippen LogP contribution in [0.4, 0.5) is 5.69 Å². The first-order valence-corrected chi connectivity index (χ1v) is 7.77. The fourth-order valence-electron chi connectivity index (χ4n) is 2.22. The third kappa shape index (κ3) is 4.23. The van der Waals surface area contributed by atoms with Crippen molar-refractivity contribution in [3.05, 3.63) is 64.7 Å². The number of hydrogen-bond donors (Lipinski definition) is 1. The number of aryl methyl sites for hydroxylation is 1. The number of ether oxygens (including phenoxy) is 1. The summed E-state index contributed by atoms with van der Waals surface area (Å²) in [6.07, 6.45) is 1.57. The maximum Gasteiger partial charge on any atom is 0.266 e. The predicted octanol–water partition coefficient (Wildman–Crippen LogP) is 4.25. The molecule has 0 bridgehead atoms. The van der Waals surface area contributed by atoms with Gasteiger partial charge in [-0.15, -0.1) is 0 Å². The average Bonchev–Trinajstić information content (AvgIpc) is 2.58. The molecule has 0 radical (unpaired) electrons. The van der Waals surface area contributed by atoms with E-state index in [1.54, 1.807) is 6.08 Å². The quantitative estimate of drug-likeness (QED) is 0.662. The first-order valence-electron chi connectivity index (χ1n) is 7.77. The van der Waals surface area contributed by atoms with E-state index in [1.165, 1.54) is 0 Å². The fraction of sp³-hybridized carbons (Fsp3) is 0.200. The van der Waals surface area contributed by atoms with E-state index in [4.69, 9.17) is 4.74 Å². The summed E-state index contributed by atoms with van der Waals surface area (Å²) in [5, 5.41) is 12.1. The zero-order chi connectivity index (χ0) is 17.5. The fourth-order valence-corrected chi connectivity index (χ4v) is 2.22. The summed E-state index contributed by atoms with van der Waals surface area (Å²) >= 11 is 0. The topological polar surface area (TPSA) is 62.1 Å². The lowest BCUT2D eigenvalue weighted by molar-refractivity contribution is -0.112. The second kappa shape index (κ2) is 7.98. The van der Waals surface area contributed by atoms with Crippen LogP contribution < -0.4 is 10.1 Å². The van der Waals surface area contributed by atoms with E-state index < -0.39 is 5.91 Å². The molecule has 0 saturated carbocycles. The van der Waals surface area contributed by atoms with Crippen LogP contribution >= 0.6 is 0 Å². The molecule has 0 atom stereocenters. The molecule has 0 aliphatic carbocycles. The number of nitriles is 1. The lowest BCUT2D eigenvalue weighted by Gasteiger charge is -2.10. The number of hydrogen-bond acceptors (Lipinski definition) is 3. The van der Waals surface area contributed by atoms with Crippen LogP contribution in [0.25, 0.3) is 6.08 Å². The Kier molecular flexibility index (Phi) is 5.75. The van der Waals surface area contributed by atoms with Gasteiger partial charge in [0.2, 0.25) is 0 Å². The first-order chi connectivity index (χ1) is 11.5. The maximum absolute atomic E-state index is 12.4. The maximum atomic E-state index is 12.4. The second-order valence-corrected chi connectivity index (χ2v) is 5.37. The van der Waals surface area contributed by atoms with Crippen molar-refractivity contribution in [2.45, 2.75) is 20.8 Å². The first kappa shape index (κ1) is 17.3. The standard InChI is InChI=1S/C20H20N2O2/c1-4-24-18-10-8-16(9-11-18)12-17(13-21)20(23)22-19-7-5-6-14(2)15(19)3/h5-12H,4H2,1-3H3,(H,22,23)/b17-12+. The van der Waals surface area contributed by atoms with Crippen molar-refractivity contribution in [2.75, 3.05) is 11.9 Å². The summed E-state index contributed by atoms with van der Waals surface area (Å²) in [6.45, 7) is 6.43. The normalized spacial score (nSPS) is 10.8. The zero-order valence-corrected chi connectivity index (χ0v) is 14.1. The Bertz CT molecular complexity index is 799. The van der Waals surface area contributed by atoms with Crippen LogP contribution in [0.2, 0.25) is 0 Å². The average molecular weight is 320 g/mol. The molecule has 0 heterocycles. The Labute approximate surface area is 142 Å². The van der Waals surface area contributed by atoms with Crippen molar-refractivity contribution in [1.82, 2.24) is 0 Å². The van der Waals surface area contributed by atoms with Crippen molar-refractivity contribution in [1.29, 1.82) is 5.26 Å². The van der Waals surface area contributed by atoms with Crippen molar-refractivity contribution >= 4 is 17.7 Å². The van der Waals surface area contributed by atoms with E-state index in [-0.39, 0.29) is 5.57 Å². The molecule has 2 rings (SSSR count). The summed E-state index contributed by atoms with van der Waals surface area (Å²) in [5.41, 5.74) is 3.62. The van der Waals surface area contributed by atoms with Gasteiger partial charge in [-0.1, -0.05) is 24.3 Å². The zero-order valence-electron chi connectivity index (χ0n) is 14.1. The van der Waals surface area contributed by atoms with Gasteiger partial charge in [0.05, 0.1) is 6.61 Å². The Hall–Kier alpha value is -3.06. The number of carbonyl (C=O) groups is 1. The SMILES string of the molecule is CCOc1ccc(/C=C(\C#N)C(=O)Nc2cccc(C)c2C)cc1. The van der Waals surface area contributed by atoms with Crippen LogP contribution in [0.5, 0.6) is 5.75 Å². The number of benzene rings is 2. The van der Waals surface area contributed by atoms with Crippen LogP contribution in [0.15, 0.2) is 48.0 Å². The molecule has 0 aliphatic rings. The van der Waals surface area contributed by atoms with Crippen molar-refractivity contribution in [3.8, 4) is 11.8 Å². The Balaban J connectivity index is 2.19. The molecule has 1 amide bonds. The molecule has 0 spiro atoms. The van der Waals surface area contributed by atoms with Gasteiger partial charge in [0.25, 0.3) is 5.91 Å². The van der Waals surface area contributed by atoms with Crippen LogP contribution in [0, 0.1) is 25.2 Å². The third-order valence-electron chi connectivity index (χ3n) is 3.72. The second-order valence-electron chi connectivity index (χ2n) is 5.37. The van der Waals surface area contributed by atoms with Gasteiger partial charge in [0, 0.05) is 5.69 Å². The summed E-state index contributed by atoms with van der Waals surface area (Å²) in [7, 11) is 0. The molecule has 24 heavy (non-hydrogen) atoms. The van der Waals surface area contributed by atoms with Gasteiger partial charge < -0.3 is 10.1 Å². The van der Waals surface area contributed by atoms with Gasteiger partial charge in [-0.2, -0.15) is 5.26 Å². The minimum atomic E-state index is -0.417. The van der Waals surface area contributed by atoms with E-state index in [1.807, 2.05) is 69.3 Å². The molecule has 4 heteroatoms. The van der Waals surface area contributed by atoms with Gasteiger partial charge in [0.1, 0.15) is 17.4 Å². The van der Waals surface area contributed by atoms with Gasteiger partial charge >= 0.3 is 0 Å². The van der Waals surface area contributed by atoms with Crippen LogP contribution in [0.3, 0.4) is 0 Å². The highest BCUT2D eigenvalue weighted by molar-refractivity contribution is 6.10. The molecule has 122 valence electrons. The highest BCUT2D eigenvalue weighted by Crippen LogP contribution is 2.19. The molecular formula is C20H20N2O2. The van der Waals surface area contributed by atoms with E-state index >= 15 is 0 Å². The minimum Gasteiger partial charge on any atom is -0.494 e. The smallest absolute Gasteiger partial charge is 0.266 e. The molecule has 2 aromatic rings. The van der Waals surface area contributed by atoms with Gasteiger partial charge in [-0.3, -0.25) is 4.79 Å². The molecule has 1 N–H and O–H groups in total. The molecule has 0 saturated heterocycles. The summed E-state index contributed by atoms with van der Waals surface area (Å²) < 4.78 is 5.38. The lowest BCUT2D eigenvalue weighted by Crippen LogP contribution is -2.14. The number of nitrogens with one attached hydrogen (secondary N) is 1. The van der Waals surface area contributed by atoms with E-state index in [9.17, 15) is 10.1 Å². The minimum absolute atomic E-state index is 0.0556. The van der Waals surface area contributed by atoms with E-state index in [2.05, 4.69) is 5.32 Å². The molecule has 0 fully saturated rings. The Morgan fingerprint density at radius 3 is 2.54 bits per heavy atom. The Morgan fingerprint density at radius 2 is 1.92 bits per heavy atom. The highest BCUT2D eigenvalue weighted by Gasteiger charge is 2.11. The highest BCUT2D eigenvalue weighted by atomic mass is 16.5. The van der Waals surface area contributed by atoms with Gasteiger partial charge in [-0.05, 0) is 61.7 Å². The predicted molar refractivity (Wildman–Crippen MR) is 95.7 cm³/mol. The molecule has 2 aromatic carbocycles. The number of anilines is 1. The van der Waals surface area contributed by atoms with Crippen LogP contribution in [-0.4, -0.2) is 12.5 Å². The summed E-state index contributed by atoms with van der Waals surface area (Å²) in [6, 6.07) is 14.9. The number of amides is 1. The molecule has 0 aliphatic heterocycles. The number of rotatable bonds is 5. The van der Waals surface area contributed by atoms with Gasteiger partial charge in [0.15, 0.2) is 0 Å².